The zero-order valence-corrected chi connectivity index (χ0v) is 20.2. The van der Waals surface area contributed by atoms with Gasteiger partial charge >= 0.3 is 0 Å². The molecule has 2 N–H and O–H groups in total. The van der Waals surface area contributed by atoms with Crippen molar-refractivity contribution in [3.63, 3.8) is 0 Å². The third-order valence-corrected chi connectivity index (χ3v) is 7.16. The van der Waals surface area contributed by atoms with Crippen LogP contribution >= 0.6 is 23.7 Å². The van der Waals surface area contributed by atoms with E-state index in [9.17, 15) is 9.18 Å². The van der Waals surface area contributed by atoms with Gasteiger partial charge in [-0.15, -0.1) is 23.7 Å². The predicted octanol–water partition coefficient (Wildman–Crippen LogP) is 4.65. The fraction of sp³-hybridized carbons (Fsp3) is 0.240. The second-order valence-electron chi connectivity index (χ2n) is 8.16. The lowest BCUT2D eigenvalue weighted by Crippen LogP contribution is -2.49. The summed E-state index contributed by atoms with van der Waals surface area (Å²) in [7, 11) is 1.90. The quantitative estimate of drug-likeness (QED) is 0.421. The van der Waals surface area contributed by atoms with Crippen LogP contribution in [0.1, 0.15) is 27.6 Å². The van der Waals surface area contributed by atoms with Gasteiger partial charge in [0.05, 0.1) is 21.6 Å². The largest absolute Gasteiger partial charge is 0.347 e. The summed E-state index contributed by atoms with van der Waals surface area (Å²) in [6, 6.07) is 14.3. The minimum absolute atomic E-state index is 0. The highest BCUT2D eigenvalue weighted by Gasteiger charge is 2.29. The summed E-state index contributed by atoms with van der Waals surface area (Å²) in [6.07, 6.45) is 6.19. The van der Waals surface area contributed by atoms with E-state index in [0.717, 1.165) is 40.2 Å². The first-order chi connectivity index (χ1) is 16.1. The Labute approximate surface area is 207 Å². The van der Waals surface area contributed by atoms with Crippen molar-refractivity contribution in [2.24, 2.45) is 7.05 Å². The van der Waals surface area contributed by atoms with Crippen LogP contribution in [0.15, 0.2) is 67.1 Å². The number of halogens is 2. The first kappa shape index (κ1) is 24.1. The Morgan fingerprint density at radius 2 is 2.03 bits per heavy atom. The number of thiophene rings is 1. The zero-order chi connectivity index (χ0) is 22.8. The Morgan fingerprint density at radius 1 is 1.21 bits per heavy atom. The normalized spacial score (nSPS) is 17.7. The van der Waals surface area contributed by atoms with Crippen molar-refractivity contribution in [3.05, 3.63) is 83.4 Å². The van der Waals surface area contributed by atoms with Crippen LogP contribution in [0.25, 0.3) is 21.7 Å². The number of amides is 1. The van der Waals surface area contributed by atoms with Crippen LogP contribution in [0.5, 0.6) is 0 Å². The molecule has 0 aliphatic carbocycles. The van der Waals surface area contributed by atoms with Crippen LogP contribution in [0, 0.1) is 5.82 Å². The summed E-state index contributed by atoms with van der Waals surface area (Å²) in [5.41, 5.74) is 3.91. The van der Waals surface area contributed by atoms with E-state index in [1.807, 2.05) is 48.3 Å². The minimum atomic E-state index is -0.250. The molecule has 0 bridgehead atoms. The van der Waals surface area contributed by atoms with E-state index in [1.54, 1.807) is 24.5 Å². The number of piperidine rings is 1. The van der Waals surface area contributed by atoms with Gasteiger partial charge in [-0.25, -0.2) is 4.39 Å². The Morgan fingerprint density at radius 3 is 2.82 bits per heavy atom. The first-order valence-electron chi connectivity index (χ1n) is 10.9. The molecular weight excluding hydrogens is 473 g/mol. The minimum Gasteiger partial charge on any atom is -0.347 e. The lowest BCUT2D eigenvalue weighted by molar-refractivity contribution is 0.0928. The lowest BCUT2D eigenvalue weighted by Gasteiger charge is -2.33. The van der Waals surface area contributed by atoms with Gasteiger partial charge in [0.1, 0.15) is 5.82 Å². The monoisotopic (exact) mass is 497 g/mol. The molecule has 0 unspecified atom stereocenters. The molecule has 9 heteroatoms. The number of pyridine rings is 1. The number of carbonyl (C=O) groups is 1. The summed E-state index contributed by atoms with van der Waals surface area (Å²) < 4.78 is 15.6. The standard InChI is InChI=1S/C25H24FN5OS.ClH/c1-31-24(20(14-29-31)16-7-10-27-11-8-16)22-5-6-23(33-22)25(32)30-21-15-28-12-9-19(21)17-3-2-4-18(26)13-17;/h2-8,10-11,13-14,19,21,28H,9,12,15H2,1H3,(H,30,32);1H/t19-,21+;/m0./s1. The molecular formula is C25H25ClFN5OS. The molecule has 0 radical (unpaired) electrons. The van der Waals surface area contributed by atoms with E-state index in [2.05, 4.69) is 20.7 Å². The van der Waals surface area contributed by atoms with Crippen LogP contribution in [0.4, 0.5) is 4.39 Å². The molecule has 0 spiro atoms. The van der Waals surface area contributed by atoms with Crippen LogP contribution in [0.3, 0.4) is 0 Å². The number of nitrogens with zero attached hydrogens (tertiary/aromatic N) is 3. The molecule has 6 nitrogen and oxygen atoms in total. The molecule has 5 rings (SSSR count). The van der Waals surface area contributed by atoms with E-state index < -0.39 is 0 Å². The molecule has 1 aromatic carbocycles. The van der Waals surface area contributed by atoms with Gasteiger partial charge < -0.3 is 10.6 Å². The van der Waals surface area contributed by atoms with E-state index in [1.165, 1.54) is 17.4 Å². The maximum absolute atomic E-state index is 13.8. The van der Waals surface area contributed by atoms with Gasteiger partial charge in [0.25, 0.3) is 5.91 Å². The van der Waals surface area contributed by atoms with Crippen molar-refractivity contribution in [1.82, 2.24) is 25.4 Å². The molecule has 1 amide bonds. The third-order valence-electron chi connectivity index (χ3n) is 6.07. The molecule has 2 atom stereocenters. The van der Waals surface area contributed by atoms with Crippen LogP contribution in [0.2, 0.25) is 0 Å². The van der Waals surface area contributed by atoms with Crippen molar-refractivity contribution in [2.45, 2.75) is 18.4 Å². The van der Waals surface area contributed by atoms with E-state index in [4.69, 9.17) is 0 Å². The maximum atomic E-state index is 13.8. The van der Waals surface area contributed by atoms with Gasteiger partial charge in [-0.3, -0.25) is 14.5 Å². The van der Waals surface area contributed by atoms with Gasteiger partial charge in [0, 0.05) is 43.5 Å². The molecule has 1 saturated heterocycles. The number of aromatic nitrogens is 3. The van der Waals surface area contributed by atoms with E-state index >= 15 is 0 Å². The summed E-state index contributed by atoms with van der Waals surface area (Å²) >= 11 is 1.44. The number of rotatable bonds is 5. The molecule has 176 valence electrons. The first-order valence-corrected chi connectivity index (χ1v) is 11.7. The lowest BCUT2D eigenvalue weighted by atomic mass is 9.86. The number of aryl methyl sites for hydroxylation is 1. The van der Waals surface area contributed by atoms with Gasteiger partial charge in [0.15, 0.2) is 0 Å². The summed E-state index contributed by atoms with van der Waals surface area (Å²) in [4.78, 5) is 18.8. The Kier molecular flexibility index (Phi) is 7.41. The van der Waals surface area contributed by atoms with Gasteiger partial charge in [-0.05, 0) is 60.5 Å². The average molecular weight is 498 g/mol. The Bertz CT molecular complexity index is 1280. The molecule has 4 heterocycles. The van der Waals surface area contributed by atoms with Gasteiger partial charge in [-0.1, -0.05) is 12.1 Å². The van der Waals surface area contributed by atoms with Crippen molar-refractivity contribution in [2.75, 3.05) is 13.1 Å². The second kappa shape index (κ2) is 10.5. The number of carbonyl (C=O) groups excluding carboxylic acids is 1. The average Bonchev–Trinajstić information content (AvgIpc) is 3.47. The highest BCUT2D eigenvalue weighted by molar-refractivity contribution is 7.17. The molecule has 34 heavy (non-hydrogen) atoms. The summed E-state index contributed by atoms with van der Waals surface area (Å²) in [5.74, 6) is -0.296. The Hall–Kier alpha value is -3.07. The zero-order valence-electron chi connectivity index (χ0n) is 18.6. The molecule has 1 aliphatic rings. The SMILES string of the molecule is Cl.Cn1ncc(-c2ccncc2)c1-c1ccc(C(=O)N[C@@H]2CNCC[C@H]2c2cccc(F)c2)s1. The second-order valence-corrected chi connectivity index (χ2v) is 9.25. The van der Waals surface area contributed by atoms with Gasteiger partial charge in [0.2, 0.25) is 0 Å². The molecule has 1 fully saturated rings. The highest BCUT2D eigenvalue weighted by atomic mass is 35.5. The summed E-state index contributed by atoms with van der Waals surface area (Å²) in [6.45, 7) is 1.49. The fourth-order valence-electron chi connectivity index (χ4n) is 4.45. The van der Waals surface area contributed by atoms with Crippen molar-refractivity contribution < 1.29 is 9.18 Å². The smallest absolute Gasteiger partial charge is 0.261 e. The maximum Gasteiger partial charge on any atom is 0.261 e. The molecule has 1 aliphatic heterocycles. The fourth-order valence-corrected chi connectivity index (χ4v) is 5.45. The molecule has 4 aromatic rings. The van der Waals surface area contributed by atoms with Crippen molar-refractivity contribution in [3.8, 4) is 21.7 Å². The van der Waals surface area contributed by atoms with Crippen LogP contribution in [-0.2, 0) is 7.05 Å². The van der Waals surface area contributed by atoms with E-state index in [-0.39, 0.29) is 36.1 Å². The topological polar surface area (TPSA) is 71.8 Å². The molecule has 0 saturated carbocycles. The number of benzene rings is 1. The third kappa shape index (κ3) is 4.89. The Balaban J connectivity index is 0.00000274. The number of hydrogen-bond donors (Lipinski definition) is 2. The summed E-state index contributed by atoms with van der Waals surface area (Å²) in [5, 5.41) is 11.0. The van der Waals surface area contributed by atoms with Gasteiger partial charge in [-0.2, -0.15) is 5.10 Å². The number of nitrogens with one attached hydrogen (secondary N) is 2. The molecule has 3 aromatic heterocycles. The van der Waals surface area contributed by atoms with Crippen LogP contribution < -0.4 is 10.6 Å². The van der Waals surface area contributed by atoms with Crippen molar-refractivity contribution in [1.29, 1.82) is 0 Å². The van der Waals surface area contributed by atoms with E-state index in [0.29, 0.717) is 11.4 Å². The van der Waals surface area contributed by atoms with Crippen molar-refractivity contribution >= 4 is 29.7 Å². The van der Waals surface area contributed by atoms with Crippen LogP contribution in [-0.4, -0.2) is 39.8 Å². The predicted molar refractivity (Wildman–Crippen MR) is 135 cm³/mol. The number of hydrogen-bond acceptors (Lipinski definition) is 5. The highest BCUT2D eigenvalue weighted by Crippen LogP contribution is 2.36.